The topological polar surface area (TPSA) is 57.6 Å². The number of carboxylic acids is 1. The van der Waals surface area contributed by atoms with E-state index in [2.05, 4.69) is 19.7 Å². The van der Waals surface area contributed by atoms with E-state index < -0.39 is 17.3 Å². The van der Waals surface area contributed by atoms with E-state index in [-0.39, 0.29) is 5.91 Å². The van der Waals surface area contributed by atoms with Gasteiger partial charge in [0.2, 0.25) is 5.91 Å². The maximum Gasteiger partial charge on any atom is 0.318 e. The first-order valence-corrected chi connectivity index (χ1v) is 4.97. The molecule has 0 bridgehead atoms. The lowest BCUT2D eigenvalue weighted by molar-refractivity contribution is -0.149. The largest absolute Gasteiger partial charge is 0.480 e. The molecule has 0 aromatic heterocycles. The first-order chi connectivity index (χ1) is 7.53. The van der Waals surface area contributed by atoms with Crippen LogP contribution in [0.1, 0.15) is 6.42 Å². The van der Waals surface area contributed by atoms with Crippen molar-refractivity contribution >= 4 is 11.9 Å². The molecule has 0 spiro atoms. The van der Waals surface area contributed by atoms with Crippen LogP contribution in [0, 0.1) is 11.3 Å². The number of carbonyl (C=O) groups excluding carboxylic acids is 1. The molecule has 1 heterocycles. The van der Waals surface area contributed by atoms with Crippen LogP contribution in [-0.4, -0.2) is 28.4 Å². The monoisotopic (exact) mass is 221 g/mol. The standard InChI is InChI=1S/C12H15NO3/c1-4-12(5-2,11(15)16)9-7-8-13(6-3)10(9)14/h4-6,9H,1-3,7-8H2,(H,15,16). The van der Waals surface area contributed by atoms with Crippen LogP contribution in [0.2, 0.25) is 0 Å². The molecule has 0 radical (unpaired) electrons. The van der Waals surface area contributed by atoms with Crippen LogP contribution in [0.15, 0.2) is 38.1 Å². The van der Waals surface area contributed by atoms with E-state index in [1.807, 2.05) is 0 Å². The number of nitrogens with zero attached hydrogens (tertiary/aromatic N) is 1. The van der Waals surface area contributed by atoms with E-state index >= 15 is 0 Å². The molecule has 1 N–H and O–H groups in total. The molecule has 0 aliphatic carbocycles. The number of likely N-dealkylation sites (tertiary alicyclic amines) is 1. The van der Waals surface area contributed by atoms with Gasteiger partial charge in [-0.1, -0.05) is 18.7 Å². The van der Waals surface area contributed by atoms with Crippen molar-refractivity contribution in [3.8, 4) is 0 Å². The van der Waals surface area contributed by atoms with Crippen LogP contribution in [0.4, 0.5) is 0 Å². The molecule has 1 atom stereocenters. The SMILES string of the molecule is C=CN1CCC(C(C=C)(C=C)C(=O)O)C1=O. The fourth-order valence-corrected chi connectivity index (χ4v) is 2.02. The van der Waals surface area contributed by atoms with E-state index in [1.54, 1.807) is 0 Å². The number of rotatable bonds is 5. The molecule has 1 fully saturated rings. The zero-order valence-corrected chi connectivity index (χ0v) is 9.06. The molecule has 1 aliphatic rings. The lowest BCUT2D eigenvalue weighted by Crippen LogP contribution is -2.39. The molecule has 1 amide bonds. The minimum absolute atomic E-state index is 0.239. The summed E-state index contributed by atoms with van der Waals surface area (Å²) >= 11 is 0. The molecule has 4 heteroatoms. The normalized spacial score (nSPS) is 20.6. The van der Waals surface area contributed by atoms with Gasteiger partial charge in [-0.05, 0) is 12.6 Å². The van der Waals surface area contributed by atoms with Crippen LogP contribution >= 0.6 is 0 Å². The van der Waals surface area contributed by atoms with Gasteiger partial charge in [-0.3, -0.25) is 9.59 Å². The van der Waals surface area contributed by atoms with Gasteiger partial charge in [0.15, 0.2) is 0 Å². The molecule has 16 heavy (non-hydrogen) atoms. The van der Waals surface area contributed by atoms with E-state index in [9.17, 15) is 14.7 Å². The average molecular weight is 221 g/mol. The summed E-state index contributed by atoms with van der Waals surface area (Å²) in [4.78, 5) is 24.6. The summed E-state index contributed by atoms with van der Waals surface area (Å²) in [6.07, 6.45) is 4.44. The number of hydrogen-bond acceptors (Lipinski definition) is 2. The molecular formula is C12H15NO3. The van der Waals surface area contributed by atoms with Gasteiger partial charge in [0, 0.05) is 6.54 Å². The highest BCUT2D eigenvalue weighted by molar-refractivity contribution is 5.91. The van der Waals surface area contributed by atoms with Crippen molar-refractivity contribution in [1.82, 2.24) is 4.90 Å². The summed E-state index contributed by atoms with van der Waals surface area (Å²) in [5, 5.41) is 9.22. The Balaban J connectivity index is 3.12. The number of carbonyl (C=O) groups is 2. The van der Waals surface area contributed by atoms with Gasteiger partial charge in [0.05, 0.1) is 5.92 Å². The molecule has 0 aromatic carbocycles. The Labute approximate surface area is 94.6 Å². The van der Waals surface area contributed by atoms with E-state index in [4.69, 9.17) is 0 Å². The van der Waals surface area contributed by atoms with Gasteiger partial charge >= 0.3 is 5.97 Å². The fraction of sp³-hybridized carbons (Fsp3) is 0.333. The molecule has 1 saturated heterocycles. The molecule has 1 unspecified atom stereocenters. The van der Waals surface area contributed by atoms with E-state index in [1.165, 1.54) is 23.3 Å². The van der Waals surface area contributed by atoms with Crippen molar-refractivity contribution in [2.24, 2.45) is 11.3 Å². The summed E-state index contributed by atoms with van der Waals surface area (Å²) in [6.45, 7) is 11.0. The first kappa shape index (κ1) is 12.2. The maximum atomic E-state index is 11.9. The van der Waals surface area contributed by atoms with Crippen molar-refractivity contribution in [1.29, 1.82) is 0 Å². The molecule has 0 aromatic rings. The average Bonchev–Trinajstić information content (AvgIpc) is 2.63. The second kappa shape index (κ2) is 4.35. The Morgan fingerprint density at radius 1 is 1.44 bits per heavy atom. The van der Waals surface area contributed by atoms with Crippen molar-refractivity contribution in [2.75, 3.05) is 6.54 Å². The Morgan fingerprint density at radius 2 is 2.00 bits per heavy atom. The summed E-state index contributed by atoms with van der Waals surface area (Å²) in [6, 6.07) is 0. The number of carboxylic acid groups (broad SMARTS) is 1. The van der Waals surface area contributed by atoms with Crippen molar-refractivity contribution in [2.45, 2.75) is 6.42 Å². The lowest BCUT2D eigenvalue weighted by atomic mass is 9.74. The molecule has 0 saturated carbocycles. The quantitative estimate of drug-likeness (QED) is 0.714. The summed E-state index contributed by atoms with van der Waals surface area (Å²) in [5.74, 6) is -1.98. The molecule has 1 rings (SSSR count). The predicted octanol–water partition coefficient (Wildman–Crippen LogP) is 1.42. The molecular weight excluding hydrogens is 206 g/mol. The Kier molecular flexibility index (Phi) is 3.32. The molecule has 1 aliphatic heterocycles. The zero-order chi connectivity index (χ0) is 12.3. The van der Waals surface area contributed by atoms with Crippen molar-refractivity contribution < 1.29 is 14.7 Å². The van der Waals surface area contributed by atoms with Gasteiger partial charge in [-0.25, -0.2) is 0 Å². The van der Waals surface area contributed by atoms with Gasteiger partial charge < -0.3 is 10.0 Å². The highest BCUT2D eigenvalue weighted by Gasteiger charge is 2.48. The van der Waals surface area contributed by atoms with Gasteiger partial charge in [0.1, 0.15) is 5.41 Å². The van der Waals surface area contributed by atoms with E-state index in [0.717, 1.165) is 0 Å². The third kappa shape index (κ3) is 1.56. The molecule has 86 valence electrons. The third-order valence-corrected chi connectivity index (χ3v) is 3.08. The highest BCUT2D eigenvalue weighted by Crippen LogP contribution is 2.38. The fourth-order valence-electron chi connectivity index (χ4n) is 2.02. The van der Waals surface area contributed by atoms with Crippen LogP contribution in [0.25, 0.3) is 0 Å². The van der Waals surface area contributed by atoms with Crippen LogP contribution < -0.4 is 0 Å². The smallest absolute Gasteiger partial charge is 0.318 e. The number of amides is 1. The number of hydrogen-bond donors (Lipinski definition) is 1. The summed E-state index contributed by atoms with van der Waals surface area (Å²) < 4.78 is 0. The van der Waals surface area contributed by atoms with Crippen molar-refractivity contribution in [3.05, 3.63) is 38.1 Å². The van der Waals surface area contributed by atoms with Gasteiger partial charge in [-0.15, -0.1) is 13.2 Å². The zero-order valence-electron chi connectivity index (χ0n) is 9.06. The highest BCUT2D eigenvalue weighted by atomic mass is 16.4. The Morgan fingerprint density at radius 3 is 2.31 bits per heavy atom. The van der Waals surface area contributed by atoms with Gasteiger partial charge in [0.25, 0.3) is 0 Å². The van der Waals surface area contributed by atoms with Crippen molar-refractivity contribution in [3.63, 3.8) is 0 Å². The van der Waals surface area contributed by atoms with Crippen LogP contribution in [0.5, 0.6) is 0 Å². The predicted molar refractivity (Wildman–Crippen MR) is 60.5 cm³/mol. The Hall–Kier alpha value is -1.84. The van der Waals surface area contributed by atoms with Crippen LogP contribution in [-0.2, 0) is 9.59 Å². The van der Waals surface area contributed by atoms with Crippen LogP contribution in [0.3, 0.4) is 0 Å². The maximum absolute atomic E-state index is 11.9. The second-order valence-electron chi connectivity index (χ2n) is 3.70. The van der Waals surface area contributed by atoms with E-state index in [0.29, 0.717) is 13.0 Å². The first-order valence-electron chi connectivity index (χ1n) is 4.97. The minimum atomic E-state index is -1.38. The summed E-state index contributed by atoms with van der Waals surface area (Å²) in [5.41, 5.74) is -1.38. The molecule has 4 nitrogen and oxygen atoms in total. The number of aliphatic carboxylic acids is 1. The second-order valence-corrected chi connectivity index (χ2v) is 3.70. The lowest BCUT2D eigenvalue weighted by Gasteiger charge is -2.27. The Bertz CT molecular complexity index is 351. The summed E-state index contributed by atoms with van der Waals surface area (Å²) in [7, 11) is 0. The van der Waals surface area contributed by atoms with Gasteiger partial charge in [-0.2, -0.15) is 0 Å². The minimum Gasteiger partial charge on any atom is -0.480 e. The third-order valence-electron chi connectivity index (χ3n) is 3.08.